The van der Waals surface area contributed by atoms with E-state index >= 15 is 0 Å². The molecule has 0 aliphatic heterocycles. The number of amides is 1. The molecule has 2 N–H and O–H groups in total. The van der Waals surface area contributed by atoms with Crippen LogP contribution in [0.25, 0.3) is 6.08 Å². The molecule has 7 heteroatoms. The maximum atomic E-state index is 12.3. The summed E-state index contributed by atoms with van der Waals surface area (Å²) in [7, 11) is 1.47. The van der Waals surface area contributed by atoms with Gasteiger partial charge in [-0.25, -0.2) is 0 Å². The molecule has 0 radical (unpaired) electrons. The van der Waals surface area contributed by atoms with Gasteiger partial charge in [0.25, 0.3) is 0 Å². The number of phenolic OH excluding ortho intramolecular Hbond substituents is 1. The van der Waals surface area contributed by atoms with Crippen molar-refractivity contribution in [3.8, 4) is 17.2 Å². The summed E-state index contributed by atoms with van der Waals surface area (Å²) in [6.07, 6.45) is 6.29. The predicted octanol–water partition coefficient (Wildman–Crippen LogP) is 4.68. The maximum Gasteiger partial charge on any atom is 0.248 e. The van der Waals surface area contributed by atoms with Crippen LogP contribution in [0.15, 0.2) is 67.0 Å². The van der Waals surface area contributed by atoms with E-state index in [1.807, 2.05) is 12.1 Å². The number of para-hydroxylation sites is 1. The Morgan fingerprint density at radius 3 is 2.72 bits per heavy atom. The lowest BCUT2D eigenvalue weighted by Crippen LogP contribution is -2.09. The highest BCUT2D eigenvalue weighted by Crippen LogP contribution is 2.33. The molecule has 0 aliphatic carbocycles. The number of pyridine rings is 1. The molecule has 3 aromatic rings. The van der Waals surface area contributed by atoms with Gasteiger partial charge in [0.05, 0.1) is 17.8 Å². The molecular formula is C22H19ClN2O4. The largest absolute Gasteiger partial charge is 0.504 e. The molecule has 0 saturated heterocycles. The first-order valence-electron chi connectivity index (χ1n) is 8.73. The number of halogens is 1. The SMILES string of the molecule is COc1ccc(C=CC(=O)Nc2cccc(Cl)c2OCc2ccncc2)cc1O. The first-order chi connectivity index (χ1) is 14.1. The highest BCUT2D eigenvalue weighted by Gasteiger charge is 2.11. The average Bonchev–Trinajstić information content (AvgIpc) is 2.73. The Hall–Kier alpha value is -3.51. The van der Waals surface area contributed by atoms with Crippen LogP contribution < -0.4 is 14.8 Å². The quantitative estimate of drug-likeness (QED) is 0.553. The number of phenols is 1. The van der Waals surface area contributed by atoms with E-state index in [0.29, 0.717) is 27.8 Å². The molecule has 6 nitrogen and oxygen atoms in total. The Labute approximate surface area is 173 Å². The minimum absolute atomic E-state index is 0.00306. The van der Waals surface area contributed by atoms with E-state index in [2.05, 4.69) is 10.3 Å². The van der Waals surface area contributed by atoms with Crippen LogP contribution in [-0.2, 0) is 11.4 Å². The number of nitrogens with zero attached hydrogens (tertiary/aromatic N) is 1. The van der Waals surface area contributed by atoms with Crippen molar-refractivity contribution in [1.29, 1.82) is 0 Å². The van der Waals surface area contributed by atoms with Crippen molar-refractivity contribution < 1.29 is 19.4 Å². The number of rotatable bonds is 7. The maximum absolute atomic E-state index is 12.3. The molecule has 0 aliphatic rings. The molecule has 0 bridgehead atoms. The standard InChI is InChI=1S/C22H19ClN2O4/c1-28-20-7-5-15(13-19(20)26)6-8-21(27)25-18-4-2-3-17(23)22(18)29-14-16-9-11-24-12-10-16/h2-13,26H,14H2,1H3,(H,25,27). The molecule has 29 heavy (non-hydrogen) atoms. The van der Waals surface area contributed by atoms with Crippen LogP contribution in [0.2, 0.25) is 5.02 Å². The van der Waals surface area contributed by atoms with E-state index < -0.39 is 0 Å². The first kappa shape index (κ1) is 20.2. The molecule has 0 spiro atoms. The Bertz CT molecular complexity index is 1020. The van der Waals surface area contributed by atoms with Crippen molar-refractivity contribution in [2.45, 2.75) is 6.61 Å². The van der Waals surface area contributed by atoms with Crippen molar-refractivity contribution in [2.75, 3.05) is 12.4 Å². The molecule has 1 amide bonds. The number of carbonyl (C=O) groups is 1. The number of aromatic nitrogens is 1. The number of methoxy groups -OCH3 is 1. The smallest absolute Gasteiger partial charge is 0.248 e. The second kappa shape index (κ2) is 9.61. The predicted molar refractivity (Wildman–Crippen MR) is 112 cm³/mol. The molecular weight excluding hydrogens is 392 g/mol. The minimum Gasteiger partial charge on any atom is -0.504 e. The number of anilines is 1. The summed E-state index contributed by atoms with van der Waals surface area (Å²) in [6.45, 7) is 0.288. The van der Waals surface area contributed by atoms with E-state index in [-0.39, 0.29) is 18.3 Å². The van der Waals surface area contributed by atoms with Gasteiger partial charge in [-0.3, -0.25) is 9.78 Å². The number of benzene rings is 2. The van der Waals surface area contributed by atoms with Crippen molar-refractivity contribution in [2.24, 2.45) is 0 Å². The zero-order valence-corrected chi connectivity index (χ0v) is 16.4. The van der Waals surface area contributed by atoms with Gasteiger partial charge in [-0.2, -0.15) is 0 Å². The third-order valence-electron chi connectivity index (χ3n) is 3.99. The Kier molecular flexibility index (Phi) is 6.71. The van der Waals surface area contributed by atoms with Crippen LogP contribution in [0.5, 0.6) is 17.2 Å². The number of hydrogen-bond acceptors (Lipinski definition) is 5. The number of ether oxygens (including phenoxy) is 2. The van der Waals surface area contributed by atoms with E-state index in [1.54, 1.807) is 48.8 Å². The molecule has 2 aromatic carbocycles. The van der Waals surface area contributed by atoms with Crippen LogP contribution in [0.3, 0.4) is 0 Å². The molecule has 0 unspecified atom stereocenters. The Morgan fingerprint density at radius 1 is 1.21 bits per heavy atom. The second-order valence-electron chi connectivity index (χ2n) is 6.01. The van der Waals surface area contributed by atoms with E-state index in [9.17, 15) is 9.90 Å². The van der Waals surface area contributed by atoms with Crippen LogP contribution in [0.1, 0.15) is 11.1 Å². The van der Waals surface area contributed by atoms with Gasteiger partial charge in [-0.1, -0.05) is 23.7 Å². The molecule has 1 heterocycles. The third-order valence-corrected chi connectivity index (χ3v) is 4.29. The fraction of sp³-hybridized carbons (Fsp3) is 0.0909. The molecule has 3 rings (SSSR count). The van der Waals surface area contributed by atoms with Crippen LogP contribution in [-0.4, -0.2) is 23.1 Å². The summed E-state index contributed by atoms with van der Waals surface area (Å²) in [6, 6.07) is 13.6. The topological polar surface area (TPSA) is 80.7 Å². The molecule has 148 valence electrons. The van der Waals surface area contributed by atoms with Gasteiger partial charge in [-0.15, -0.1) is 0 Å². The highest BCUT2D eigenvalue weighted by molar-refractivity contribution is 6.32. The number of aromatic hydroxyl groups is 1. The van der Waals surface area contributed by atoms with Crippen molar-refractivity contribution in [1.82, 2.24) is 4.98 Å². The lowest BCUT2D eigenvalue weighted by Gasteiger charge is -2.13. The van der Waals surface area contributed by atoms with Crippen molar-refractivity contribution >= 4 is 29.3 Å². The molecule has 0 atom stereocenters. The zero-order chi connectivity index (χ0) is 20.6. The van der Waals surface area contributed by atoms with Gasteiger partial charge >= 0.3 is 0 Å². The lowest BCUT2D eigenvalue weighted by molar-refractivity contribution is -0.111. The average molecular weight is 411 g/mol. The number of hydrogen-bond donors (Lipinski definition) is 2. The number of carbonyl (C=O) groups excluding carboxylic acids is 1. The first-order valence-corrected chi connectivity index (χ1v) is 9.11. The summed E-state index contributed by atoms with van der Waals surface area (Å²) in [5, 5.41) is 13.0. The third kappa shape index (κ3) is 5.49. The van der Waals surface area contributed by atoms with E-state index in [1.165, 1.54) is 19.3 Å². The number of nitrogens with one attached hydrogen (secondary N) is 1. The lowest BCUT2D eigenvalue weighted by atomic mass is 10.2. The van der Waals surface area contributed by atoms with Crippen LogP contribution >= 0.6 is 11.6 Å². The zero-order valence-electron chi connectivity index (χ0n) is 15.6. The van der Waals surface area contributed by atoms with Gasteiger partial charge < -0.3 is 19.9 Å². The molecule has 1 aromatic heterocycles. The normalized spacial score (nSPS) is 10.7. The highest BCUT2D eigenvalue weighted by atomic mass is 35.5. The van der Waals surface area contributed by atoms with Crippen molar-refractivity contribution in [3.63, 3.8) is 0 Å². The Balaban J connectivity index is 1.70. The summed E-state index contributed by atoms with van der Waals surface area (Å²) in [5.41, 5.74) is 2.04. The molecule has 0 fully saturated rings. The van der Waals surface area contributed by atoms with Gasteiger partial charge in [-0.05, 0) is 53.6 Å². The Morgan fingerprint density at radius 2 is 2.00 bits per heavy atom. The molecule has 0 saturated carbocycles. The van der Waals surface area contributed by atoms with Crippen LogP contribution in [0.4, 0.5) is 5.69 Å². The van der Waals surface area contributed by atoms with Crippen molar-refractivity contribution in [3.05, 3.63) is 83.2 Å². The van der Waals surface area contributed by atoms with Gasteiger partial charge in [0, 0.05) is 18.5 Å². The minimum atomic E-state index is -0.365. The van der Waals surface area contributed by atoms with E-state index in [4.69, 9.17) is 21.1 Å². The fourth-order valence-electron chi connectivity index (χ4n) is 2.55. The van der Waals surface area contributed by atoms with Gasteiger partial charge in [0.1, 0.15) is 6.61 Å². The summed E-state index contributed by atoms with van der Waals surface area (Å²) in [4.78, 5) is 16.3. The van der Waals surface area contributed by atoms with Crippen LogP contribution in [0, 0.1) is 0 Å². The van der Waals surface area contributed by atoms with Gasteiger partial charge in [0.2, 0.25) is 5.91 Å². The fourth-order valence-corrected chi connectivity index (χ4v) is 2.77. The van der Waals surface area contributed by atoms with E-state index in [0.717, 1.165) is 5.56 Å². The summed E-state index contributed by atoms with van der Waals surface area (Å²) < 4.78 is 10.8. The van der Waals surface area contributed by atoms with Gasteiger partial charge in [0.15, 0.2) is 17.2 Å². The summed E-state index contributed by atoms with van der Waals surface area (Å²) in [5.74, 6) is 0.379. The summed E-state index contributed by atoms with van der Waals surface area (Å²) >= 11 is 6.25. The monoisotopic (exact) mass is 410 g/mol. The second-order valence-corrected chi connectivity index (χ2v) is 6.42.